The standard InChI is InChI=1S/C17H16ClN3OS/c1-9-13(10-3-7-12(22-2)8-4-10)14-15(19-11-5-6-11)20-17(18)21-16(14)23-9/h3-4,7-8,11H,5-6H2,1-2H3,(H,19,20,21). The number of aromatic nitrogens is 2. The van der Waals surface area contributed by atoms with Crippen LogP contribution in [0, 0.1) is 6.92 Å². The number of fused-ring (bicyclic) bond motifs is 1. The summed E-state index contributed by atoms with van der Waals surface area (Å²) in [5, 5.41) is 4.85. The first-order valence-corrected chi connectivity index (χ1v) is 8.73. The lowest BCUT2D eigenvalue weighted by atomic mass is 10.0. The van der Waals surface area contributed by atoms with Crippen LogP contribution >= 0.6 is 22.9 Å². The number of halogens is 1. The highest BCUT2D eigenvalue weighted by Gasteiger charge is 2.25. The van der Waals surface area contributed by atoms with Crippen molar-refractivity contribution in [1.82, 2.24) is 9.97 Å². The summed E-state index contributed by atoms with van der Waals surface area (Å²) in [5.74, 6) is 1.69. The Kier molecular flexibility index (Phi) is 3.62. The molecule has 4 nitrogen and oxygen atoms in total. The van der Waals surface area contributed by atoms with E-state index >= 15 is 0 Å². The zero-order valence-corrected chi connectivity index (χ0v) is 14.5. The van der Waals surface area contributed by atoms with Gasteiger partial charge < -0.3 is 10.1 Å². The number of nitrogens with zero attached hydrogens (tertiary/aromatic N) is 2. The Balaban J connectivity index is 1.91. The normalized spacial score (nSPS) is 14.2. The smallest absolute Gasteiger partial charge is 0.225 e. The summed E-state index contributed by atoms with van der Waals surface area (Å²) in [6.45, 7) is 2.11. The quantitative estimate of drug-likeness (QED) is 0.683. The van der Waals surface area contributed by atoms with Crippen molar-refractivity contribution in [3.63, 3.8) is 0 Å². The van der Waals surface area contributed by atoms with Crippen LogP contribution in [-0.2, 0) is 0 Å². The number of rotatable bonds is 4. The average molecular weight is 346 g/mol. The molecule has 2 heterocycles. The largest absolute Gasteiger partial charge is 0.497 e. The molecular formula is C17H16ClN3OS. The summed E-state index contributed by atoms with van der Waals surface area (Å²) < 4.78 is 5.25. The second-order valence-electron chi connectivity index (χ2n) is 5.70. The van der Waals surface area contributed by atoms with Crippen molar-refractivity contribution in [2.45, 2.75) is 25.8 Å². The molecule has 0 radical (unpaired) electrons. The summed E-state index contributed by atoms with van der Waals surface area (Å²) >= 11 is 7.76. The van der Waals surface area contributed by atoms with Gasteiger partial charge in [-0.15, -0.1) is 11.3 Å². The Labute approximate surface area is 143 Å². The minimum Gasteiger partial charge on any atom is -0.497 e. The van der Waals surface area contributed by atoms with Gasteiger partial charge in [0.15, 0.2) is 0 Å². The summed E-state index contributed by atoms with van der Waals surface area (Å²) in [6.07, 6.45) is 2.37. The maximum Gasteiger partial charge on any atom is 0.225 e. The number of nitrogens with one attached hydrogen (secondary N) is 1. The van der Waals surface area contributed by atoms with Gasteiger partial charge in [-0.1, -0.05) is 12.1 Å². The van der Waals surface area contributed by atoms with Crippen molar-refractivity contribution >= 4 is 39.0 Å². The third-order valence-electron chi connectivity index (χ3n) is 4.00. The van der Waals surface area contributed by atoms with Crippen LogP contribution in [0.3, 0.4) is 0 Å². The van der Waals surface area contributed by atoms with Gasteiger partial charge in [0.1, 0.15) is 16.4 Å². The van der Waals surface area contributed by atoms with Crippen molar-refractivity contribution < 1.29 is 4.74 Å². The lowest BCUT2D eigenvalue weighted by molar-refractivity contribution is 0.415. The Hall–Kier alpha value is -1.85. The van der Waals surface area contributed by atoms with Crippen molar-refractivity contribution in [2.75, 3.05) is 12.4 Å². The molecule has 0 saturated heterocycles. The van der Waals surface area contributed by atoms with Gasteiger partial charge in [-0.2, -0.15) is 0 Å². The van der Waals surface area contributed by atoms with E-state index in [1.54, 1.807) is 18.4 Å². The van der Waals surface area contributed by atoms with Gasteiger partial charge in [0, 0.05) is 16.5 Å². The second-order valence-corrected chi connectivity index (χ2v) is 7.24. The topological polar surface area (TPSA) is 47.0 Å². The van der Waals surface area contributed by atoms with Gasteiger partial charge in [-0.05, 0) is 49.1 Å². The molecule has 1 N–H and O–H groups in total. The minimum atomic E-state index is 0.295. The average Bonchev–Trinajstić information content (AvgIpc) is 3.28. The molecule has 1 aliphatic rings. The van der Waals surface area contributed by atoms with E-state index in [0.717, 1.165) is 27.3 Å². The second kappa shape index (κ2) is 5.65. The van der Waals surface area contributed by atoms with Gasteiger partial charge in [0.25, 0.3) is 0 Å². The van der Waals surface area contributed by atoms with Crippen LogP contribution in [0.5, 0.6) is 5.75 Å². The predicted octanol–water partition coefficient (Wildman–Crippen LogP) is 4.90. The van der Waals surface area contributed by atoms with Crippen LogP contribution in [-0.4, -0.2) is 23.1 Å². The first kappa shape index (κ1) is 14.7. The van der Waals surface area contributed by atoms with E-state index in [2.05, 4.69) is 34.3 Å². The number of hydrogen-bond acceptors (Lipinski definition) is 5. The molecule has 1 fully saturated rings. The molecule has 6 heteroatoms. The van der Waals surface area contributed by atoms with Crippen LogP contribution < -0.4 is 10.1 Å². The molecule has 4 rings (SSSR count). The molecule has 23 heavy (non-hydrogen) atoms. The van der Waals surface area contributed by atoms with Crippen LogP contribution in [0.15, 0.2) is 24.3 Å². The van der Waals surface area contributed by atoms with Gasteiger partial charge in [0.2, 0.25) is 5.28 Å². The number of ether oxygens (including phenoxy) is 1. The van der Waals surface area contributed by atoms with E-state index in [1.165, 1.54) is 23.3 Å². The van der Waals surface area contributed by atoms with Crippen LogP contribution in [0.25, 0.3) is 21.3 Å². The predicted molar refractivity (Wildman–Crippen MR) is 95.8 cm³/mol. The van der Waals surface area contributed by atoms with E-state index in [-0.39, 0.29) is 0 Å². The SMILES string of the molecule is COc1ccc(-c2c(C)sc3nc(Cl)nc(NC4CC4)c23)cc1. The van der Waals surface area contributed by atoms with E-state index in [9.17, 15) is 0 Å². The highest BCUT2D eigenvalue weighted by molar-refractivity contribution is 7.19. The Morgan fingerprint density at radius 2 is 1.96 bits per heavy atom. The molecule has 3 aromatic rings. The zero-order valence-electron chi connectivity index (χ0n) is 12.9. The number of methoxy groups -OCH3 is 1. The van der Waals surface area contributed by atoms with Gasteiger partial charge in [-0.25, -0.2) is 9.97 Å². The summed E-state index contributed by atoms with van der Waals surface area (Å²) in [7, 11) is 1.67. The van der Waals surface area contributed by atoms with E-state index in [4.69, 9.17) is 16.3 Å². The molecule has 0 unspecified atom stereocenters. The molecular weight excluding hydrogens is 330 g/mol. The fourth-order valence-corrected chi connectivity index (χ4v) is 3.98. The molecule has 0 spiro atoms. The number of benzene rings is 1. The van der Waals surface area contributed by atoms with E-state index in [1.807, 2.05) is 12.1 Å². The highest BCUT2D eigenvalue weighted by Crippen LogP contribution is 2.42. The Bertz CT molecular complexity index is 872. The summed E-state index contributed by atoms with van der Waals surface area (Å²) in [5.41, 5.74) is 2.31. The molecule has 0 aliphatic heterocycles. The third kappa shape index (κ3) is 2.75. The summed E-state index contributed by atoms with van der Waals surface area (Å²) in [4.78, 5) is 11.0. The van der Waals surface area contributed by atoms with Crippen LogP contribution in [0.1, 0.15) is 17.7 Å². The maximum atomic E-state index is 6.10. The molecule has 2 aromatic heterocycles. The molecule has 0 amide bonds. The van der Waals surface area contributed by atoms with Crippen molar-refractivity contribution in [3.8, 4) is 16.9 Å². The maximum absolute atomic E-state index is 6.10. The molecule has 1 aromatic carbocycles. The van der Waals surface area contributed by atoms with E-state index in [0.29, 0.717) is 11.3 Å². The van der Waals surface area contributed by atoms with Crippen LogP contribution in [0.4, 0.5) is 5.82 Å². The third-order valence-corrected chi connectivity index (χ3v) is 5.17. The molecule has 1 saturated carbocycles. The Morgan fingerprint density at radius 3 is 2.61 bits per heavy atom. The first-order chi connectivity index (χ1) is 11.2. The zero-order chi connectivity index (χ0) is 16.0. The Morgan fingerprint density at radius 1 is 1.22 bits per heavy atom. The fraction of sp³-hybridized carbons (Fsp3) is 0.294. The lowest BCUT2D eigenvalue weighted by Crippen LogP contribution is -2.04. The van der Waals surface area contributed by atoms with Crippen molar-refractivity contribution in [2.24, 2.45) is 0 Å². The molecule has 0 bridgehead atoms. The molecule has 0 atom stereocenters. The van der Waals surface area contributed by atoms with Crippen molar-refractivity contribution in [3.05, 3.63) is 34.4 Å². The van der Waals surface area contributed by atoms with Gasteiger partial charge in [-0.3, -0.25) is 0 Å². The van der Waals surface area contributed by atoms with Gasteiger partial charge >= 0.3 is 0 Å². The number of thiophene rings is 1. The highest BCUT2D eigenvalue weighted by atomic mass is 35.5. The number of hydrogen-bond donors (Lipinski definition) is 1. The summed E-state index contributed by atoms with van der Waals surface area (Å²) in [6, 6.07) is 8.60. The fourth-order valence-electron chi connectivity index (χ4n) is 2.72. The number of anilines is 1. The van der Waals surface area contributed by atoms with Crippen molar-refractivity contribution in [1.29, 1.82) is 0 Å². The van der Waals surface area contributed by atoms with E-state index < -0.39 is 0 Å². The van der Waals surface area contributed by atoms with Crippen LogP contribution in [0.2, 0.25) is 5.28 Å². The monoisotopic (exact) mass is 345 g/mol. The number of aryl methyl sites for hydroxylation is 1. The molecule has 118 valence electrons. The minimum absolute atomic E-state index is 0.295. The molecule has 1 aliphatic carbocycles. The lowest BCUT2D eigenvalue weighted by Gasteiger charge is -2.09. The first-order valence-electron chi connectivity index (χ1n) is 7.53. The van der Waals surface area contributed by atoms with Gasteiger partial charge in [0.05, 0.1) is 12.5 Å².